The third kappa shape index (κ3) is 3.23. The molecule has 0 saturated carbocycles. The van der Waals surface area contributed by atoms with Crippen LogP contribution in [0, 0.1) is 0 Å². The van der Waals surface area contributed by atoms with E-state index in [0.29, 0.717) is 6.54 Å². The van der Waals surface area contributed by atoms with Crippen LogP contribution in [0.4, 0.5) is 5.69 Å². The molecule has 4 rings (SSSR count). The topological polar surface area (TPSA) is 57.4 Å². The zero-order chi connectivity index (χ0) is 17.2. The van der Waals surface area contributed by atoms with E-state index < -0.39 is 6.10 Å². The summed E-state index contributed by atoms with van der Waals surface area (Å²) in [5.41, 5.74) is 3.15. The number of pyridine rings is 1. The second-order valence-electron chi connectivity index (χ2n) is 6.53. The van der Waals surface area contributed by atoms with Crippen LogP contribution in [-0.4, -0.2) is 57.5 Å². The molecule has 1 N–H and O–H groups in total. The van der Waals surface area contributed by atoms with Crippen LogP contribution in [0.25, 0.3) is 10.9 Å². The minimum Gasteiger partial charge on any atom is -0.385 e. The lowest BCUT2D eigenvalue weighted by Crippen LogP contribution is -2.47. The normalized spacial score (nSPS) is 17.1. The molecule has 130 valence electrons. The second-order valence-corrected chi connectivity index (χ2v) is 6.53. The van der Waals surface area contributed by atoms with Gasteiger partial charge in [-0.2, -0.15) is 5.10 Å². The Balaban J connectivity index is 1.42. The average molecular weight is 337 g/mol. The molecule has 1 aliphatic rings. The monoisotopic (exact) mass is 337 g/mol. The number of β-amino-alcohol motifs (C(OH)–C–C–N with tert-alkyl or cyclic N) is 1. The molecule has 2 aromatic heterocycles. The molecule has 6 heteroatoms. The van der Waals surface area contributed by atoms with Crippen LogP contribution in [0.1, 0.15) is 11.8 Å². The van der Waals surface area contributed by atoms with Crippen molar-refractivity contribution in [3.05, 3.63) is 54.5 Å². The van der Waals surface area contributed by atoms with Crippen molar-refractivity contribution in [3.8, 4) is 0 Å². The number of aromatic nitrogens is 3. The SMILES string of the molecule is Cn1nccc1C(O)CN1CCN(c2ccnc3ccccc23)CC1. The van der Waals surface area contributed by atoms with Gasteiger partial charge in [0.1, 0.15) is 6.10 Å². The number of aliphatic hydroxyl groups is 1. The lowest BCUT2D eigenvalue weighted by molar-refractivity contribution is 0.103. The van der Waals surface area contributed by atoms with E-state index in [2.05, 4.69) is 44.1 Å². The summed E-state index contributed by atoms with van der Waals surface area (Å²) in [5.74, 6) is 0. The van der Waals surface area contributed by atoms with Gasteiger partial charge in [-0.25, -0.2) is 0 Å². The minimum absolute atomic E-state index is 0.499. The molecule has 1 aromatic carbocycles. The number of fused-ring (bicyclic) bond motifs is 1. The summed E-state index contributed by atoms with van der Waals surface area (Å²) < 4.78 is 1.74. The molecule has 0 amide bonds. The Morgan fingerprint density at radius 3 is 2.60 bits per heavy atom. The van der Waals surface area contributed by atoms with Gasteiger partial charge in [0.2, 0.25) is 0 Å². The number of hydrogen-bond acceptors (Lipinski definition) is 5. The van der Waals surface area contributed by atoms with Crippen molar-refractivity contribution in [1.82, 2.24) is 19.7 Å². The molecule has 0 aliphatic carbocycles. The molecule has 6 nitrogen and oxygen atoms in total. The zero-order valence-corrected chi connectivity index (χ0v) is 14.4. The fourth-order valence-electron chi connectivity index (χ4n) is 3.58. The Bertz CT molecular complexity index is 848. The average Bonchev–Trinajstić information content (AvgIpc) is 3.08. The Hall–Kier alpha value is -2.44. The van der Waals surface area contributed by atoms with Gasteiger partial charge in [0.15, 0.2) is 0 Å². The third-order valence-electron chi connectivity index (χ3n) is 4.97. The fourth-order valence-corrected chi connectivity index (χ4v) is 3.58. The lowest BCUT2D eigenvalue weighted by atomic mass is 10.1. The smallest absolute Gasteiger partial charge is 0.108 e. The van der Waals surface area contributed by atoms with E-state index in [1.165, 1.54) is 11.1 Å². The Kier molecular flexibility index (Phi) is 4.38. The van der Waals surface area contributed by atoms with Gasteiger partial charge in [-0.1, -0.05) is 18.2 Å². The summed E-state index contributed by atoms with van der Waals surface area (Å²) in [4.78, 5) is 9.18. The molecule has 1 atom stereocenters. The summed E-state index contributed by atoms with van der Waals surface area (Å²) in [6.07, 6.45) is 3.11. The van der Waals surface area contributed by atoms with E-state index >= 15 is 0 Å². The van der Waals surface area contributed by atoms with E-state index in [9.17, 15) is 5.11 Å². The van der Waals surface area contributed by atoms with Crippen molar-refractivity contribution < 1.29 is 5.11 Å². The zero-order valence-electron chi connectivity index (χ0n) is 14.4. The van der Waals surface area contributed by atoms with Crippen molar-refractivity contribution in [2.45, 2.75) is 6.10 Å². The summed E-state index contributed by atoms with van der Waals surface area (Å²) in [7, 11) is 1.87. The summed E-state index contributed by atoms with van der Waals surface area (Å²) in [6, 6.07) is 12.3. The number of hydrogen-bond donors (Lipinski definition) is 1. The van der Waals surface area contributed by atoms with Gasteiger partial charge in [-0.15, -0.1) is 0 Å². The maximum Gasteiger partial charge on any atom is 0.108 e. The highest BCUT2D eigenvalue weighted by molar-refractivity contribution is 5.91. The van der Waals surface area contributed by atoms with Crippen molar-refractivity contribution in [3.63, 3.8) is 0 Å². The van der Waals surface area contributed by atoms with Gasteiger partial charge in [-0.3, -0.25) is 14.6 Å². The predicted octanol–water partition coefficient (Wildman–Crippen LogP) is 1.82. The first-order valence-corrected chi connectivity index (χ1v) is 8.69. The Morgan fingerprint density at radius 1 is 1.04 bits per heavy atom. The number of benzene rings is 1. The Morgan fingerprint density at radius 2 is 1.84 bits per heavy atom. The van der Waals surface area contributed by atoms with E-state index in [0.717, 1.165) is 37.4 Å². The van der Waals surface area contributed by atoms with Gasteiger partial charge in [0.05, 0.1) is 11.2 Å². The van der Waals surface area contributed by atoms with Gasteiger partial charge in [0.25, 0.3) is 0 Å². The van der Waals surface area contributed by atoms with Crippen molar-refractivity contribution in [1.29, 1.82) is 0 Å². The van der Waals surface area contributed by atoms with Crippen LogP contribution in [0.3, 0.4) is 0 Å². The van der Waals surface area contributed by atoms with Gasteiger partial charge in [0, 0.05) is 63.2 Å². The van der Waals surface area contributed by atoms with E-state index in [1.54, 1.807) is 10.9 Å². The fraction of sp³-hybridized carbons (Fsp3) is 0.368. The highest BCUT2D eigenvalue weighted by Crippen LogP contribution is 2.26. The van der Waals surface area contributed by atoms with Crippen molar-refractivity contribution >= 4 is 16.6 Å². The summed E-state index contributed by atoms with van der Waals surface area (Å²) in [5, 5.41) is 15.8. The van der Waals surface area contributed by atoms with Gasteiger partial charge < -0.3 is 10.0 Å². The second kappa shape index (κ2) is 6.82. The number of nitrogens with zero attached hydrogens (tertiary/aromatic N) is 5. The highest BCUT2D eigenvalue weighted by atomic mass is 16.3. The number of rotatable bonds is 4. The molecule has 0 radical (unpaired) electrons. The number of anilines is 1. The molecule has 0 spiro atoms. The molecule has 0 bridgehead atoms. The van der Waals surface area contributed by atoms with E-state index in [4.69, 9.17) is 0 Å². The molecule has 3 aromatic rings. The first kappa shape index (κ1) is 16.1. The largest absolute Gasteiger partial charge is 0.385 e. The molecule has 1 fully saturated rings. The predicted molar refractivity (Wildman–Crippen MR) is 98.6 cm³/mol. The lowest BCUT2D eigenvalue weighted by Gasteiger charge is -2.37. The van der Waals surface area contributed by atoms with Crippen LogP contribution in [0.2, 0.25) is 0 Å². The molecule has 3 heterocycles. The molecule has 1 unspecified atom stereocenters. The standard InChI is InChI=1S/C19H23N5O/c1-22-18(7-9-21-22)19(25)14-23-10-12-24(13-11-23)17-6-8-20-16-5-3-2-4-15(16)17/h2-9,19,25H,10-14H2,1H3. The van der Waals surface area contributed by atoms with Crippen LogP contribution < -0.4 is 4.90 Å². The number of piperazine rings is 1. The van der Waals surface area contributed by atoms with E-state index in [1.807, 2.05) is 25.4 Å². The molecule has 25 heavy (non-hydrogen) atoms. The number of aliphatic hydroxyl groups excluding tert-OH is 1. The summed E-state index contributed by atoms with van der Waals surface area (Å²) >= 11 is 0. The van der Waals surface area contributed by atoms with Gasteiger partial charge in [-0.05, 0) is 18.2 Å². The highest BCUT2D eigenvalue weighted by Gasteiger charge is 2.22. The minimum atomic E-state index is -0.499. The maximum absolute atomic E-state index is 10.4. The quantitative estimate of drug-likeness (QED) is 0.787. The molecular weight excluding hydrogens is 314 g/mol. The first-order valence-electron chi connectivity index (χ1n) is 8.69. The molecule has 1 saturated heterocycles. The maximum atomic E-state index is 10.4. The van der Waals surface area contributed by atoms with Crippen molar-refractivity contribution in [2.24, 2.45) is 7.05 Å². The molecule has 1 aliphatic heterocycles. The van der Waals surface area contributed by atoms with Gasteiger partial charge >= 0.3 is 0 Å². The van der Waals surface area contributed by atoms with E-state index in [-0.39, 0.29) is 0 Å². The Labute approximate surface area is 147 Å². The molecular formula is C19H23N5O. The first-order chi connectivity index (χ1) is 12.2. The van der Waals surface area contributed by atoms with Crippen molar-refractivity contribution in [2.75, 3.05) is 37.6 Å². The van der Waals surface area contributed by atoms with Crippen LogP contribution in [0.5, 0.6) is 0 Å². The number of aryl methyl sites for hydroxylation is 1. The van der Waals surface area contributed by atoms with Crippen LogP contribution >= 0.6 is 0 Å². The third-order valence-corrected chi connectivity index (χ3v) is 4.97. The van der Waals surface area contributed by atoms with Crippen LogP contribution in [0.15, 0.2) is 48.8 Å². The van der Waals surface area contributed by atoms with Crippen LogP contribution in [-0.2, 0) is 7.05 Å². The summed E-state index contributed by atoms with van der Waals surface area (Å²) in [6.45, 7) is 4.42. The number of para-hydroxylation sites is 1.